The number of aryl methyl sites for hydroxylation is 1. The molecule has 4 heterocycles. The Morgan fingerprint density at radius 3 is 2.39 bits per heavy atom. The molecule has 0 aromatic carbocycles. The summed E-state index contributed by atoms with van der Waals surface area (Å²) >= 11 is 1.06. The van der Waals surface area contributed by atoms with Crippen LogP contribution in [0.15, 0.2) is 21.6 Å². The first-order chi connectivity index (χ1) is 13.1. The van der Waals surface area contributed by atoms with Crippen LogP contribution in [0.3, 0.4) is 0 Å². The summed E-state index contributed by atoms with van der Waals surface area (Å²) in [4.78, 5) is 0.833. The van der Waals surface area contributed by atoms with Crippen LogP contribution in [0.25, 0.3) is 10.6 Å². The van der Waals surface area contributed by atoms with E-state index in [0.717, 1.165) is 17.4 Å². The van der Waals surface area contributed by atoms with Crippen LogP contribution in [0.2, 0.25) is 0 Å². The molecule has 0 radical (unpaired) electrons. The van der Waals surface area contributed by atoms with Gasteiger partial charge in [0.15, 0.2) is 5.79 Å². The molecule has 0 bridgehead atoms. The van der Waals surface area contributed by atoms with Crippen molar-refractivity contribution in [3.63, 3.8) is 0 Å². The van der Waals surface area contributed by atoms with Crippen LogP contribution >= 0.6 is 11.3 Å². The summed E-state index contributed by atoms with van der Waals surface area (Å²) in [6.45, 7) is 3.10. The quantitative estimate of drug-likeness (QED) is 0.732. The van der Waals surface area contributed by atoms with E-state index in [1.165, 1.54) is 10.4 Å². The van der Waals surface area contributed by atoms with Gasteiger partial charge in [0.2, 0.25) is 15.8 Å². The Balaban J connectivity index is 1.57. The van der Waals surface area contributed by atoms with Crippen molar-refractivity contribution in [1.29, 1.82) is 0 Å². The fourth-order valence-electron chi connectivity index (χ4n) is 3.36. The van der Waals surface area contributed by atoms with Crippen LogP contribution in [0, 0.1) is 6.92 Å². The molecule has 12 heteroatoms. The second-order valence-corrected chi connectivity index (χ2v) is 9.78. The summed E-state index contributed by atoms with van der Waals surface area (Å²) in [7, 11) is -3.80. The molecule has 154 valence electrons. The minimum absolute atomic E-state index is 0.0489. The first-order valence-corrected chi connectivity index (χ1v) is 10.8. The second-order valence-electron chi connectivity index (χ2n) is 6.62. The van der Waals surface area contributed by atoms with Gasteiger partial charge < -0.3 is 14.0 Å². The van der Waals surface area contributed by atoms with Crippen LogP contribution < -0.4 is 0 Å². The fourth-order valence-corrected chi connectivity index (χ4v) is 6.32. The summed E-state index contributed by atoms with van der Waals surface area (Å²) in [5.74, 6) is -1.92. The number of aromatic nitrogens is 1. The molecule has 7 nitrogen and oxygen atoms in total. The average Bonchev–Trinajstić information content (AvgIpc) is 3.34. The van der Waals surface area contributed by atoms with E-state index < -0.39 is 27.7 Å². The zero-order chi connectivity index (χ0) is 20.2. The SMILES string of the molecule is Cc1sc(-c2cc(C(F)(F)F)on2)cc1S(=O)(=O)N1CCC2(CC1)OCCO2. The Hall–Kier alpha value is -1.47. The second kappa shape index (κ2) is 6.80. The Kier molecular flexibility index (Phi) is 4.82. The summed E-state index contributed by atoms with van der Waals surface area (Å²) in [6.07, 6.45) is -3.79. The number of piperidine rings is 1. The molecule has 2 saturated heterocycles. The Morgan fingerprint density at radius 1 is 1.18 bits per heavy atom. The standard InChI is InChI=1S/C16H17F3N2O5S2/c1-10-13(9-12(27-10)11-8-14(26-20-11)16(17,18)19)28(22,23)21-4-2-15(3-5-21)24-6-7-25-15/h8-9H,2-7H2,1H3. The van der Waals surface area contributed by atoms with Gasteiger partial charge in [-0.2, -0.15) is 17.5 Å². The van der Waals surface area contributed by atoms with Crippen molar-refractivity contribution in [2.75, 3.05) is 26.3 Å². The average molecular weight is 438 g/mol. The van der Waals surface area contributed by atoms with E-state index in [-0.39, 0.29) is 23.7 Å². The van der Waals surface area contributed by atoms with Gasteiger partial charge in [-0.3, -0.25) is 0 Å². The van der Waals surface area contributed by atoms with E-state index in [4.69, 9.17) is 9.47 Å². The molecule has 0 amide bonds. The lowest BCUT2D eigenvalue weighted by Gasteiger charge is -2.36. The van der Waals surface area contributed by atoms with Crippen molar-refractivity contribution in [3.05, 3.63) is 22.8 Å². The summed E-state index contributed by atoms with van der Waals surface area (Å²) in [5, 5.41) is 3.42. The summed E-state index contributed by atoms with van der Waals surface area (Å²) in [5.41, 5.74) is -0.0489. The van der Waals surface area contributed by atoms with Crippen LogP contribution in [0.1, 0.15) is 23.5 Å². The van der Waals surface area contributed by atoms with Gasteiger partial charge in [-0.15, -0.1) is 11.3 Å². The number of hydrogen-bond acceptors (Lipinski definition) is 7. The lowest BCUT2D eigenvalue weighted by atomic mass is 10.1. The molecule has 1 spiro atoms. The van der Waals surface area contributed by atoms with E-state index in [1.54, 1.807) is 6.92 Å². The molecule has 0 aliphatic carbocycles. The molecule has 2 aromatic rings. The lowest BCUT2D eigenvalue weighted by Crippen LogP contribution is -2.47. The predicted octanol–water partition coefficient (Wildman–Crippen LogP) is 3.26. The smallest absolute Gasteiger partial charge is 0.351 e. The van der Waals surface area contributed by atoms with E-state index in [9.17, 15) is 21.6 Å². The highest BCUT2D eigenvalue weighted by molar-refractivity contribution is 7.89. The van der Waals surface area contributed by atoms with Crippen molar-refractivity contribution in [3.8, 4) is 10.6 Å². The zero-order valence-corrected chi connectivity index (χ0v) is 16.4. The number of nitrogens with zero attached hydrogens (tertiary/aromatic N) is 2. The van der Waals surface area contributed by atoms with Gasteiger partial charge in [-0.25, -0.2) is 8.42 Å². The van der Waals surface area contributed by atoms with Crippen LogP contribution in [0.5, 0.6) is 0 Å². The topological polar surface area (TPSA) is 81.9 Å². The zero-order valence-electron chi connectivity index (χ0n) is 14.8. The van der Waals surface area contributed by atoms with Crippen molar-refractivity contribution in [2.24, 2.45) is 0 Å². The molecular formula is C16H17F3N2O5S2. The number of thiophene rings is 1. The van der Waals surface area contributed by atoms with Gasteiger partial charge in [-0.05, 0) is 13.0 Å². The highest BCUT2D eigenvalue weighted by atomic mass is 32.2. The van der Waals surface area contributed by atoms with Gasteiger partial charge in [0.1, 0.15) is 5.69 Å². The molecule has 0 N–H and O–H groups in total. The minimum Gasteiger partial charge on any atom is -0.351 e. The summed E-state index contributed by atoms with van der Waals surface area (Å²) < 4.78 is 81.1. The van der Waals surface area contributed by atoms with Gasteiger partial charge in [0.25, 0.3) is 0 Å². The Morgan fingerprint density at radius 2 is 1.82 bits per heavy atom. The van der Waals surface area contributed by atoms with Gasteiger partial charge >= 0.3 is 6.18 Å². The monoisotopic (exact) mass is 438 g/mol. The van der Waals surface area contributed by atoms with E-state index in [1.807, 2.05) is 0 Å². The fraction of sp³-hybridized carbons (Fsp3) is 0.562. The van der Waals surface area contributed by atoms with Gasteiger partial charge in [0, 0.05) is 36.9 Å². The Bertz CT molecular complexity index is 967. The molecule has 2 fully saturated rings. The molecule has 2 aliphatic heterocycles. The molecule has 0 unspecified atom stereocenters. The summed E-state index contributed by atoms with van der Waals surface area (Å²) in [6, 6.07) is 2.11. The van der Waals surface area contributed by atoms with Crippen molar-refractivity contribution in [1.82, 2.24) is 9.46 Å². The predicted molar refractivity (Wildman–Crippen MR) is 92.2 cm³/mol. The maximum absolute atomic E-state index is 13.0. The van der Waals surface area contributed by atoms with Gasteiger partial charge in [-0.1, -0.05) is 5.16 Å². The maximum Gasteiger partial charge on any atom is 0.452 e. The van der Waals surface area contributed by atoms with Crippen LogP contribution in [0.4, 0.5) is 13.2 Å². The molecular weight excluding hydrogens is 421 g/mol. The van der Waals surface area contributed by atoms with Crippen molar-refractivity contribution >= 4 is 21.4 Å². The highest BCUT2D eigenvalue weighted by Gasteiger charge is 2.43. The molecule has 0 atom stereocenters. The first-order valence-electron chi connectivity index (χ1n) is 8.54. The molecule has 2 aliphatic rings. The third kappa shape index (κ3) is 3.47. The number of alkyl halides is 3. The number of ether oxygens (including phenoxy) is 2. The van der Waals surface area contributed by atoms with Crippen LogP contribution in [-0.2, 0) is 25.7 Å². The first kappa shape index (κ1) is 19.8. The number of hydrogen-bond donors (Lipinski definition) is 0. The Labute approximate surface area is 163 Å². The van der Waals surface area contributed by atoms with E-state index in [0.29, 0.717) is 35.8 Å². The molecule has 28 heavy (non-hydrogen) atoms. The van der Waals surface area contributed by atoms with E-state index >= 15 is 0 Å². The molecule has 0 saturated carbocycles. The van der Waals surface area contributed by atoms with Crippen molar-refractivity contribution in [2.45, 2.75) is 36.6 Å². The van der Waals surface area contributed by atoms with Crippen LogP contribution in [-0.4, -0.2) is 50.0 Å². The number of rotatable bonds is 3. The third-order valence-electron chi connectivity index (χ3n) is 4.83. The number of halogens is 3. The minimum atomic E-state index is -4.65. The van der Waals surface area contributed by atoms with Gasteiger partial charge in [0.05, 0.1) is 23.0 Å². The van der Waals surface area contributed by atoms with E-state index in [2.05, 4.69) is 9.68 Å². The maximum atomic E-state index is 13.0. The van der Waals surface area contributed by atoms with Crippen molar-refractivity contribution < 1.29 is 35.6 Å². The molecule has 4 rings (SSSR count). The lowest BCUT2D eigenvalue weighted by molar-refractivity contribution is -0.179. The molecule has 2 aromatic heterocycles. The highest BCUT2D eigenvalue weighted by Crippen LogP contribution is 2.39. The number of sulfonamides is 1. The largest absolute Gasteiger partial charge is 0.452 e. The normalized spacial score (nSPS) is 20.9. The third-order valence-corrected chi connectivity index (χ3v) is 8.06.